The van der Waals surface area contributed by atoms with Gasteiger partial charge in [0.25, 0.3) is 0 Å². The first-order chi connectivity index (χ1) is 11.8. The number of rotatable bonds is 5. The summed E-state index contributed by atoms with van der Waals surface area (Å²) in [6, 6.07) is 0. The first kappa shape index (κ1) is 21.3. The molecule has 1 aliphatic carbocycles. The van der Waals surface area contributed by atoms with E-state index in [-0.39, 0.29) is 24.0 Å². The minimum absolute atomic E-state index is 0. The number of piperidine rings is 1. The van der Waals surface area contributed by atoms with Crippen LogP contribution >= 0.6 is 24.0 Å². The predicted molar refractivity (Wildman–Crippen MR) is 118 cm³/mol. The Bertz CT molecular complexity index is 393. The van der Waals surface area contributed by atoms with Crippen LogP contribution in [0.2, 0.25) is 0 Å². The highest BCUT2D eigenvalue weighted by atomic mass is 127. The van der Waals surface area contributed by atoms with Crippen LogP contribution in [0.15, 0.2) is 4.99 Å². The lowest BCUT2D eigenvalue weighted by atomic mass is 9.82. The van der Waals surface area contributed by atoms with E-state index in [0.717, 1.165) is 30.8 Å². The summed E-state index contributed by atoms with van der Waals surface area (Å²) < 4.78 is 0. The first-order valence-electron chi connectivity index (χ1n) is 10.6. The van der Waals surface area contributed by atoms with Gasteiger partial charge in [-0.05, 0) is 76.4 Å². The van der Waals surface area contributed by atoms with Crippen molar-refractivity contribution in [3.63, 3.8) is 0 Å². The van der Waals surface area contributed by atoms with Gasteiger partial charge in [0.1, 0.15) is 0 Å². The summed E-state index contributed by atoms with van der Waals surface area (Å²) in [5.41, 5.74) is 0. The molecule has 146 valence electrons. The Kier molecular flexibility index (Phi) is 9.31. The highest BCUT2D eigenvalue weighted by Crippen LogP contribution is 2.36. The molecule has 2 saturated heterocycles. The van der Waals surface area contributed by atoms with Crippen molar-refractivity contribution in [2.24, 2.45) is 22.7 Å². The van der Waals surface area contributed by atoms with Gasteiger partial charge in [0, 0.05) is 26.2 Å². The molecule has 2 aliphatic heterocycles. The number of nitrogens with one attached hydrogen (secondary N) is 1. The molecule has 2 atom stereocenters. The normalized spacial score (nSPS) is 28.6. The maximum Gasteiger partial charge on any atom is 0.193 e. The number of likely N-dealkylation sites (tertiary alicyclic amines) is 2. The average Bonchev–Trinajstić information content (AvgIpc) is 3.04. The average molecular weight is 462 g/mol. The Labute approximate surface area is 172 Å². The second kappa shape index (κ2) is 11.0. The van der Waals surface area contributed by atoms with Gasteiger partial charge in [-0.1, -0.05) is 19.8 Å². The molecule has 0 radical (unpaired) electrons. The lowest BCUT2D eigenvalue weighted by Gasteiger charge is -2.31. The molecule has 0 aromatic carbocycles. The van der Waals surface area contributed by atoms with Crippen LogP contribution in [0.1, 0.15) is 58.8 Å². The van der Waals surface area contributed by atoms with Gasteiger partial charge in [-0.15, -0.1) is 24.0 Å². The first-order valence-corrected chi connectivity index (χ1v) is 10.6. The van der Waals surface area contributed by atoms with Crippen LogP contribution in [0, 0.1) is 17.8 Å². The molecule has 5 heteroatoms. The fraction of sp³-hybridized carbons (Fsp3) is 0.950. The molecule has 0 aromatic rings. The number of halogens is 1. The number of hydrogen-bond acceptors (Lipinski definition) is 2. The third kappa shape index (κ3) is 5.98. The van der Waals surface area contributed by atoms with E-state index in [0.29, 0.717) is 0 Å². The fourth-order valence-electron chi connectivity index (χ4n) is 4.93. The van der Waals surface area contributed by atoms with E-state index in [2.05, 4.69) is 29.0 Å². The summed E-state index contributed by atoms with van der Waals surface area (Å²) in [7, 11) is 0. The molecule has 1 saturated carbocycles. The van der Waals surface area contributed by atoms with Gasteiger partial charge in [-0.25, -0.2) is 0 Å². The molecule has 3 fully saturated rings. The van der Waals surface area contributed by atoms with Crippen molar-refractivity contribution in [1.82, 2.24) is 15.1 Å². The van der Waals surface area contributed by atoms with Gasteiger partial charge >= 0.3 is 0 Å². The van der Waals surface area contributed by atoms with E-state index in [1.165, 1.54) is 83.6 Å². The fourth-order valence-corrected chi connectivity index (χ4v) is 4.93. The maximum atomic E-state index is 5.06. The molecule has 3 aliphatic rings. The Balaban J connectivity index is 0.00000225. The lowest BCUT2D eigenvalue weighted by Crippen LogP contribution is -2.41. The third-order valence-corrected chi connectivity index (χ3v) is 6.36. The van der Waals surface area contributed by atoms with E-state index >= 15 is 0 Å². The Morgan fingerprint density at radius 2 is 1.64 bits per heavy atom. The predicted octanol–water partition coefficient (Wildman–Crippen LogP) is 3.81. The van der Waals surface area contributed by atoms with Crippen LogP contribution in [0.25, 0.3) is 0 Å². The van der Waals surface area contributed by atoms with Crippen molar-refractivity contribution in [1.29, 1.82) is 0 Å². The molecule has 1 N–H and O–H groups in total. The van der Waals surface area contributed by atoms with Gasteiger partial charge in [0.2, 0.25) is 0 Å². The Morgan fingerprint density at radius 1 is 1.00 bits per heavy atom. The molecule has 2 heterocycles. The summed E-state index contributed by atoms with van der Waals surface area (Å²) in [6.07, 6.45) is 9.71. The summed E-state index contributed by atoms with van der Waals surface area (Å²) in [6.45, 7) is 12.8. The van der Waals surface area contributed by atoms with E-state index in [1.54, 1.807) is 0 Å². The van der Waals surface area contributed by atoms with Crippen molar-refractivity contribution < 1.29 is 0 Å². The molecule has 3 rings (SSSR count). The van der Waals surface area contributed by atoms with E-state index in [1.807, 2.05) is 0 Å². The number of nitrogens with zero attached hydrogens (tertiary/aromatic N) is 3. The second-order valence-electron chi connectivity index (χ2n) is 8.19. The Hall–Kier alpha value is -0.0400. The van der Waals surface area contributed by atoms with E-state index in [9.17, 15) is 0 Å². The number of fused-ring (bicyclic) bond motifs is 1. The number of hydrogen-bond donors (Lipinski definition) is 1. The van der Waals surface area contributed by atoms with Crippen molar-refractivity contribution >= 4 is 29.9 Å². The molecule has 0 spiro atoms. The monoisotopic (exact) mass is 462 g/mol. The summed E-state index contributed by atoms with van der Waals surface area (Å²) >= 11 is 0. The molecular weight excluding hydrogens is 423 g/mol. The maximum absolute atomic E-state index is 5.06. The topological polar surface area (TPSA) is 30.9 Å². The standard InChI is InChI=1S/C20H38N4.HI/c1-3-11-23-12-9-17(10-13-23)14-22-20(21-4-2)24-15-18-7-5-6-8-19(18)16-24;/h17-19H,3-16H2,1-2H3,(H,21,22);1H. The van der Waals surface area contributed by atoms with E-state index in [4.69, 9.17) is 4.99 Å². The molecule has 0 bridgehead atoms. The van der Waals surface area contributed by atoms with Crippen LogP contribution in [0.4, 0.5) is 0 Å². The largest absolute Gasteiger partial charge is 0.357 e. The molecule has 4 nitrogen and oxygen atoms in total. The highest BCUT2D eigenvalue weighted by Gasteiger charge is 2.35. The zero-order chi connectivity index (χ0) is 16.8. The van der Waals surface area contributed by atoms with Crippen molar-refractivity contribution in [3.8, 4) is 0 Å². The summed E-state index contributed by atoms with van der Waals surface area (Å²) in [5.74, 6) is 3.85. The van der Waals surface area contributed by atoms with Gasteiger partial charge < -0.3 is 15.1 Å². The van der Waals surface area contributed by atoms with Crippen LogP contribution in [-0.4, -0.2) is 61.6 Å². The van der Waals surface area contributed by atoms with Crippen LogP contribution in [0.3, 0.4) is 0 Å². The number of aliphatic imine (C=N–C) groups is 1. The molecule has 25 heavy (non-hydrogen) atoms. The van der Waals surface area contributed by atoms with Crippen LogP contribution < -0.4 is 5.32 Å². The quantitative estimate of drug-likeness (QED) is 0.383. The molecule has 0 aromatic heterocycles. The summed E-state index contributed by atoms with van der Waals surface area (Å²) in [5, 5.41) is 3.57. The minimum atomic E-state index is 0. The minimum Gasteiger partial charge on any atom is -0.357 e. The third-order valence-electron chi connectivity index (χ3n) is 6.36. The van der Waals surface area contributed by atoms with E-state index < -0.39 is 0 Å². The SMILES string of the molecule is CCCN1CCC(CN=C(NCC)N2CC3CCCCC3C2)CC1.I. The van der Waals surface area contributed by atoms with Gasteiger partial charge in [0.05, 0.1) is 0 Å². The van der Waals surface area contributed by atoms with Crippen molar-refractivity contribution in [2.75, 3.05) is 45.8 Å². The molecule has 0 amide bonds. The van der Waals surface area contributed by atoms with Gasteiger partial charge in [-0.2, -0.15) is 0 Å². The number of guanidine groups is 1. The smallest absolute Gasteiger partial charge is 0.193 e. The van der Waals surface area contributed by atoms with Crippen LogP contribution in [-0.2, 0) is 0 Å². The Morgan fingerprint density at radius 3 is 2.20 bits per heavy atom. The summed E-state index contributed by atoms with van der Waals surface area (Å²) in [4.78, 5) is 10.2. The zero-order valence-electron chi connectivity index (χ0n) is 16.4. The highest BCUT2D eigenvalue weighted by molar-refractivity contribution is 14.0. The second-order valence-corrected chi connectivity index (χ2v) is 8.19. The molecule has 2 unspecified atom stereocenters. The zero-order valence-corrected chi connectivity index (χ0v) is 18.7. The van der Waals surface area contributed by atoms with Crippen LogP contribution in [0.5, 0.6) is 0 Å². The van der Waals surface area contributed by atoms with Crippen molar-refractivity contribution in [3.05, 3.63) is 0 Å². The lowest BCUT2D eigenvalue weighted by molar-refractivity contribution is 0.188. The van der Waals surface area contributed by atoms with Gasteiger partial charge in [0.15, 0.2) is 5.96 Å². The van der Waals surface area contributed by atoms with Gasteiger partial charge in [-0.3, -0.25) is 4.99 Å². The van der Waals surface area contributed by atoms with Crippen molar-refractivity contribution in [2.45, 2.75) is 58.8 Å². The molecular formula is C20H39IN4.